The molecule has 1 saturated carbocycles. The number of unbranched alkanes of at least 4 members (excludes halogenated alkanes) is 1. The molecule has 0 amide bonds. The molecule has 15 heavy (non-hydrogen) atoms. The quantitative estimate of drug-likeness (QED) is 0.678. The Bertz CT molecular complexity index is 180. The fraction of sp³-hybridized carbons (Fsp3) is 0.714. The van der Waals surface area contributed by atoms with Gasteiger partial charge in [-0.1, -0.05) is 58.3 Å². The molecule has 1 heteroatoms. The van der Waals surface area contributed by atoms with Crippen molar-refractivity contribution in [2.24, 2.45) is 5.92 Å². The van der Waals surface area contributed by atoms with Crippen LogP contribution in [0.4, 0.5) is 0 Å². The van der Waals surface area contributed by atoms with Gasteiger partial charge in [-0.05, 0) is 18.1 Å². The van der Waals surface area contributed by atoms with Gasteiger partial charge in [-0.25, -0.2) is 0 Å². The minimum Gasteiger partial charge on any atom is -0.473 e. The average Bonchev–Trinajstić information content (AvgIpc) is 2.86. The topological polar surface area (TPSA) is 13.1 Å². The van der Waals surface area contributed by atoms with Gasteiger partial charge >= 0.3 is 0 Å². The van der Waals surface area contributed by atoms with Gasteiger partial charge in [0.1, 0.15) is 0 Å². The van der Waals surface area contributed by atoms with Crippen LogP contribution in [-0.4, -0.2) is 0 Å². The van der Waals surface area contributed by atoms with Crippen molar-refractivity contribution >= 4 is 0 Å². The van der Waals surface area contributed by atoms with Crippen molar-refractivity contribution in [1.82, 2.24) is 0 Å². The minimum atomic E-state index is 1.11. The molecule has 0 atom stereocenters. The summed E-state index contributed by atoms with van der Waals surface area (Å²) in [5, 5.41) is 0. The van der Waals surface area contributed by atoms with E-state index in [1.165, 1.54) is 51.4 Å². The molecule has 0 bridgehead atoms. The predicted molar refractivity (Wildman–Crippen MR) is 64.8 cm³/mol. The minimum absolute atomic E-state index is 1.11. The molecule has 0 unspecified atom stereocenters. The van der Waals surface area contributed by atoms with Crippen LogP contribution >= 0.6 is 0 Å². The highest BCUT2D eigenvalue weighted by Gasteiger charge is 2.11. The smallest absolute Gasteiger partial charge is 0.0902 e. The third kappa shape index (κ3) is 6.38. The molecular weight excluding hydrogens is 184 g/mol. The largest absolute Gasteiger partial charge is 0.473 e. The molecule has 1 fully saturated rings. The van der Waals surface area contributed by atoms with Gasteiger partial charge in [0.15, 0.2) is 0 Å². The van der Waals surface area contributed by atoms with Crippen LogP contribution < -0.4 is 0 Å². The molecule has 0 aromatic carbocycles. The molecule has 86 valence electrons. The second-order valence-electron chi connectivity index (χ2n) is 4.44. The zero-order valence-corrected chi connectivity index (χ0v) is 9.95. The first-order valence-corrected chi connectivity index (χ1v) is 6.40. The highest BCUT2D eigenvalue weighted by molar-refractivity contribution is 4.79. The van der Waals surface area contributed by atoms with Gasteiger partial charge in [-0.2, -0.15) is 0 Å². The van der Waals surface area contributed by atoms with Crippen LogP contribution in [0.5, 0.6) is 0 Å². The van der Waals surface area contributed by atoms with Gasteiger partial charge in [-0.3, -0.25) is 0 Å². The van der Waals surface area contributed by atoms with E-state index < -0.39 is 0 Å². The van der Waals surface area contributed by atoms with E-state index in [9.17, 15) is 0 Å². The van der Waals surface area contributed by atoms with Crippen molar-refractivity contribution in [2.75, 3.05) is 0 Å². The number of hydrogen-bond acceptors (Lipinski definition) is 1. The maximum atomic E-state index is 4.58. The van der Waals surface area contributed by atoms with Gasteiger partial charge in [0.25, 0.3) is 0 Å². The first-order valence-electron chi connectivity index (χ1n) is 6.40. The Morgan fingerprint density at radius 1 is 1.07 bits per heavy atom. The van der Waals surface area contributed by atoms with E-state index in [1.54, 1.807) is 12.5 Å². The van der Waals surface area contributed by atoms with Crippen molar-refractivity contribution in [3.05, 3.63) is 24.7 Å². The molecule has 0 saturated heterocycles. The molecule has 1 aromatic heterocycles. The number of hydrogen-bond donors (Lipinski definition) is 0. The summed E-state index contributed by atoms with van der Waals surface area (Å²) in [6, 6.07) is 3.67. The van der Waals surface area contributed by atoms with Gasteiger partial charge in [-0.15, -0.1) is 0 Å². The van der Waals surface area contributed by atoms with Crippen molar-refractivity contribution in [3.8, 4) is 0 Å². The van der Waals surface area contributed by atoms with Gasteiger partial charge in [0, 0.05) is 0 Å². The lowest BCUT2D eigenvalue weighted by Crippen LogP contribution is -2.05. The van der Waals surface area contributed by atoms with E-state index >= 15 is 0 Å². The zero-order valence-electron chi connectivity index (χ0n) is 9.95. The van der Waals surface area contributed by atoms with E-state index in [1.807, 2.05) is 12.1 Å². The summed E-state index contributed by atoms with van der Waals surface area (Å²) in [6.07, 6.45) is 15.2. The molecule has 2 rings (SSSR count). The molecule has 1 aromatic rings. The zero-order chi connectivity index (χ0) is 10.8. The fourth-order valence-corrected chi connectivity index (χ4v) is 2.20. The maximum Gasteiger partial charge on any atom is 0.0902 e. The van der Waals surface area contributed by atoms with Crippen molar-refractivity contribution in [1.29, 1.82) is 0 Å². The van der Waals surface area contributed by atoms with Crippen molar-refractivity contribution in [2.45, 2.75) is 58.3 Å². The summed E-state index contributed by atoms with van der Waals surface area (Å²) in [4.78, 5) is 0. The SMILES string of the molecule is CCCCC1CCCCC1.c1ccoc1. The summed E-state index contributed by atoms with van der Waals surface area (Å²) in [6.45, 7) is 2.29. The summed E-state index contributed by atoms with van der Waals surface area (Å²) < 4.78 is 4.58. The summed E-state index contributed by atoms with van der Waals surface area (Å²) >= 11 is 0. The highest BCUT2D eigenvalue weighted by Crippen LogP contribution is 2.27. The van der Waals surface area contributed by atoms with Crippen LogP contribution in [0.25, 0.3) is 0 Å². The van der Waals surface area contributed by atoms with Crippen LogP contribution in [0.1, 0.15) is 58.3 Å². The first-order chi connectivity index (χ1) is 7.43. The van der Waals surface area contributed by atoms with Crippen LogP contribution in [0.3, 0.4) is 0 Å². The Hall–Kier alpha value is -0.720. The molecule has 1 aliphatic rings. The Morgan fingerprint density at radius 2 is 1.73 bits per heavy atom. The highest BCUT2D eigenvalue weighted by atomic mass is 16.3. The van der Waals surface area contributed by atoms with E-state index in [4.69, 9.17) is 0 Å². The van der Waals surface area contributed by atoms with Crippen LogP contribution in [0.2, 0.25) is 0 Å². The van der Waals surface area contributed by atoms with E-state index in [-0.39, 0.29) is 0 Å². The molecule has 1 nitrogen and oxygen atoms in total. The lowest BCUT2D eigenvalue weighted by Gasteiger charge is -2.20. The van der Waals surface area contributed by atoms with Crippen LogP contribution in [0, 0.1) is 5.92 Å². The van der Waals surface area contributed by atoms with Crippen molar-refractivity contribution in [3.63, 3.8) is 0 Å². The third-order valence-corrected chi connectivity index (χ3v) is 3.12. The molecular formula is C14H24O. The third-order valence-electron chi connectivity index (χ3n) is 3.12. The Balaban J connectivity index is 0.000000187. The normalized spacial score (nSPS) is 16.9. The molecule has 1 aliphatic carbocycles. The molecule has 0 spiro atoms. The Labute approximate surface area is 93.9 Å². The van der Waals surface area contributed by atoms with Crippen molar-refractivity contribution < 1.29 is 4.42 Å². The second-order valence-corrected chi connectivity index (χ2v) is 4.44. The molecule has 0 N–H and O–H groups in total. The van der Waals surface area contributed by atoms with Gasteiger partial charge in [0.2, 0.25) is 0 Å². The molecule has 1 heterocycles. The lowest BCUT2D eigenvalue weighted by atomic mass is 9.86. The second kappa shape index (κ2) is 8.58. The fourth-order valence-electron chi connectivity index (χ4n) is 2.20. The Kier molecular flexibility index (Phi) is 7.06. The predicted octanol–water partition coefficient (Wildman–Crippen LogP) is 5.04. The maximum absolute atomic E-state index is 4.58. The average molecular weight is 208 g/mol. The van der Waals surface area contributed by atoms with E-state index in [0.717, 1.165) is 5.92 Å². The van der Waals surface area contributed by atoms with Gasteiger partial charge in [0.05, 0.1) is 12.5 Å². The number of furan rings is 1. The molecule has 0 aliphatic heterocycles. The summed E-state index contributed by atoms with van der Waals surface area (Å²) in [5.74, 6) is 1.11. The summed E-state index contributed by atoms with van der Waals surface area (Å²) in [5.41, 5.74) is 0. The molecule has 0 radical (unpaired) electrons. The Morgan fingerprint density at radius 3 is 2.20 bits per heavy atom. The first kappa shape index (κ1) is 12.4. The standard InChI is InChI=1S/C10H20.C4H4O/c1-2-3-7-10-8-5-4-6-9-10;1-2-4-5-3-1/h10H,2-9H2,1H3;1-4H. The van der Waals surface area contributed by atoms with E-state index in [0.29, 0.717) is 0 Å². The summed E-state index contributed by atoms with van der Waals surface area (Å²) in [7, 11) is 0. The lowest BCUT2D eigenvalue weighted by molar-refractivity contribution is 0.331. The van der Waals surface area contributed by atoms with Gasteiger partial charge < -0.3 is 4.42 Å². The number of rotatable bonds is 3. The van der Waals surface area contributed by atoms with Crippen LogP contribution in [0.15, 0.2) is 29.1 Å². The monoisotopic (exact) mass is 208 g/mol. The van der Waals surface area contributed by atoms with Crippen LogP contribution in [-0.2, 0) is 0 Å². The van der Waals surface area contributed by atoms with E-state index in [2.05, 4.69) is 11.3 Å².